The molecular formula is C16H24O2. The molecule has 100 valence electrons. The molecule has 18 heavy (non-hydrogen) atoms. The minimum absolute atomic E-state index is 0.000477. The molecule has 1 aliphatic rings. The quantitative estimate of drug-likeness (QED) is 0.721. The van der Waals surface area contributed by atoms with Gasteiger partial charge < -0.3 is 10.2 Å². The highest BCUT2D eigenvalue weighted by Crippen LogP contribution is 2.45. The Kier molecular flexibility index (Phi) is 3.56. The van der Waals surface area contributed by atoms with E-state index >= 15 is 0 Å². The van der Waals surface area contributed by atoms with Gasteiger partial charge >= 0.3 is 0 Å². The molecule has 1 aromatic rings. The Labute approximate surface area is 110 Å². The van der Waals surface area contributed by atoms with E-state index in [0.717, 1.165) is 5.56 Å². The van der Waals surface area contributed by atoms with E-state index in [1.54, 1.807) is 6.07 Å². The van der Waals surface area contributed by atoms with Crippen molar-refractivity contribution in [3.63, 3.8) is 0 Å². The minimum Gasteiger partial charge on any atom is -0.504 e. The average molecular weight is 248 g/mol. The highest BCUT2D eigenvalue weighted by atomic mass is 16.3. The van der Waals surface area contributed by atoms with Crippen LogP contribution in [0.1, 0.15) is 69.9 Å². The molecule has 1 aromatic carbocycles. The summed E-state index contributed by atoms with van der Waals surface area (Å²) in [4.78, 5) is 0. The Morgan fingerprint density at radius 3 is 2.17 bits per heavy atom. The van der Waals surface area contributed by atoms with Crippen LogP contribution in [0.5, 0.6) is 11.5 Å². The van der Waals surface area contributed by atoms with E-state index in [4.69, 9.17) is 0 Å². The van der Waals surface area contributed by atoms with Crippen molar-refractivity contribution in [2.45, 2.75) is 64.2 Å². The lowest BCUT2D eigenvalue weighted by Gasteiger charge is -2.30. The van der Waals surface area contributed by atoms with Crippen molar-refractivity contribution in [1.29, 1.82) is 0 Å². The highest BCUT2D eigenvalue weighted by molar-refractivity contribution is 5.53. The van der Waals surface area contributed by atoms with Gasteiger partial charge in [0.2, 0.25) is 0 Å². The van der Waals surface area contributed by atoms with Gasteiger partial charge in [-0.15, -0.1) is 0 Å². The van der Waals surface area contributed by atoms with Crippen LogP contribution in [-0.2, 0) is 5.41 Å². The molecule has 0 unspecified atom stereocenters. The zero-order chi connectivity index (χ0) is 13.3. The van der Waals surface area contributed by atoms with Crippen molar-refractivity contribution < 1.29 is 10.2 Å². The highest BCUT2D eigenvalue weighted by Gasteiger charge is 2.28. The molecule has 0 aromatic heterocycles. The first kappa shape index (κ1) is 13.3. The molecule has 1 fully saturated rings. The number of rotatable bonds is 1. The van der Waals surface area contributed by atoms with Crippen molar-refractivity contribution in [3.05, 3.63) is 23.3 Å². The second-order valence-corrected chi connectivity index (χ2v) is 6.48. The van der Waals surface area contributed by atoms with Gasteiger partial charge in [-0.05, 0) is 35.8 Å². The molecule has 0 heterocycles. The third-order valence-electron chi connectivity index (χ3n) is 3.98. The summed E-state index contributed by atoms with van der Waals surface area (Å²) in [5, 5.41) is 19.9. The summed E-state index contributed by atoms with van der Waals surface area (Å²) in [5.41, 5.74) is 2.02. The molecule has 1 saturated carbocycles. The van der Waals surface area contributed by atoms with Gasteiger partial charge in [-0.25, -0.2) is 0 Å². The number of benzene rings is 1. The molecule has 0 amide bonds. The van der Waals surface area contributed by atoms with Crippen LogP contribution in [0, 0.1) is 0 Å². The summed E-state index contributed by atoms with van der Waals surface area (Å²) in [6, 6.07) is 3.64. The molecular weight excluding hydrogens is 224 g/mol. The van der Waals surface area contributed by atoms with E-state index in [-0.39, 0.29) is 16.9 Å². The normalized spacial score (nSPS) is 17.9. The Morgan fingerprint density at radius 2 is 1.61 bits per heavy atom. The van der Waals surface area contributed by atoms with Crippen LogP contribution in [0.15, 0.2) is 12.1 Å². The van der Waals surface area contributed by atoms with Gasteiger partial charge in [0.05, 0.1) is 0 Å². The van der Waals surface area contributed by atoms with Crippen molar-refractivity contribution in [3.8, 4) is 11.5 Å². The summed E-state index contributed by atoms with van der Waals surface area (Å²) in [5.74, 6) is 0.615. The van der Waals surface area contributed by atoms with Gasteiger partial charge in [-0.2, -0.15) is 0 Å². The smallest absolute Gasteiger partial charge is 0.161 e. The Bertz CT molecular complexity index is 423. The predicted molar refractivity (Wildman–Crippen MR) is 74.3 cm³/mol. The molecule has 0 saturated heterocycles. The number of hydrogen-bond acceptors (Lipinski definition) is 2. The van der Waals surface area contributed by atoms with Crippen LogP contribution in [0.3, 0.4) is 0 Å². The Balaban J connectivity index is 2.49. The maximum Gasteiger partial charge on any atom is 0.161 e. The standard InChI is InChI=1S/C16H24O2/c1-16(2,3)14-12(9-10-13(17)15(14)18)11-7-5-4-6-8-11/h9-11,17-18H,4-8H2,1-3H3. The fraction of sp³-hybridized carbons (Fsp3) is 0.625. The van der Waals surface area contributed by atoms with Gasteiger partial charge in [0.25, 0.3) is 0 Å². The summed E-state index contributed by atoms with van der Waals surface area (Å²) in [6.45, 7) is 6.27. The average Bonchev–Trinajstić information content (AvgIpc) is 2.32. The second-order valence-electron chi connectivity index (χ2n) is 6.48. The van der Waals surface area contributed by atoms with E-state index in [9.17, 15) is 10.2 Å². The number of hydrogen-bond donors (Lipinski definition) is 2. The van der Waals surface area contributed by atoms with Crippen LogP contribution >= 0.6 is 0 Å². The lowest BCUT2D eigenvalue weighted by atomic mass is 9.75. The Hall–Kier alpha value is -1.18. The fourth-order valence-electron chi connectivity index (χ4n) is 3.14. The molecule has 0 atom stereocenters. The molecule has 2 nitrogen and oxygen atoms in total. The van der Waals surface area contributed by atoms with Crippen LogP contribution in [-0.4, -0.2) is 10.2 Å². The molecule has 0 radical (unpaired) electrons. The molecule has 2 N–H and O–H groups in total. The van der Waals surface area contributed by atoms with E-state index in [0.29, 0.717) is 5.92 Å². The largest absolute Gasteiger partial charge is 0.504 e. The lowest BCUT2D eigenvalue weighted by molar-refractivity contribution is 0.380. The van der Waals surface area contributed by atoms with Gasteiger partial charge in [0.1, 0.15) is 0 Å². The first-order valence-electron chi connectivity index (χ1n) is 6.96. The van der Waals surface area contributed by atoms with Crippen molar-refractivity contribution in [2.24, 2.45) is 0 Å². The van der Waals surface area contributed by atoms with Crippen molar-refractivity contribution in [1.82, 2.24) is 0 Å². The number of phenols is 2. The van der Waals surface area contributed by atoms with Crippen LogP contribution in [0.2, 0.25) is 0 Å². The predicted octanol–water partition coefficient (Wildman–Crippen LogP) is 4.44. The van der Waals surface area contributed by atoms with Crippen molar-refractivity contribution in [2.75, 3.05) is 0 Å². The van der Waals surface area contributed by atoms with E-state index in [1.807, 2.05) is 6.07 Å². The van der Waals surface area contributed by atoms with Gasteiger partial charge in [0.15, 0.2) is 11.5 Å². The summed E-state index contributed by atoms with van der Waals surface area (Å²) < 4.78 is 0. The summed E-state index contributed by atoms with van der Waals surface area (Å²) in [7, 11) is 0. The summed E-state index contributed by atoms with van der Waals surface area (Å²) >= 11 is 0. The van der Waals surface area contributed by atoms with Crippen molar-refractivity contribution >= 4 is 0 Å². The fourth-order valence-corrected chi connectivity index (χ4v) is 3.14. The van der Waals surface area contributed by atoms with Crippen LogP contribution in [0.4, 0.5) is 0 Å². The SMILES string of the molecule is CC(C)(C)c1c(C2CCCCC2)ccc(O)c1O. The third-order valence-corrected chi connectivity index (χ3v) is 3.98. The molecule has 0 spiro atoms. The number of aromatic hydroxyl groups is 2. The van der Waals surface area contributed by atoms with Gasteiger partial charge in [-0.3, -0.25) is 0 Å². The molecule has 1 aliphatic carbocycles. The molecule has 2 heteroatoms. The molecule has 2 rings (SSSR count). The Morgan fingerprint density at radius 1 is 1.00 bits per heavy atom. The first-order valence-corrected chi connectivity index (χ1v) is 6.96. The number of phenolic OH excluding ortho intramolecular Hbond substituents is 2. The summed E-state index contributed by atoms with van der Waals surface area (Å²) in [6.07, 6.45) is 6.28. The second kappa shape index (κ2) is 4.83. The molecule has 0 aliphatic heterocycles. The first-order chi connectivity index (χ1) is 8.41. The van der Waals surface area contributed by atoms with E-state index in [1.165, 1.54) is 37.7 Å². The topological polar surface area (TPSA) is 40.5 Å². The maximum absolute atomic E-state index is 10.2. The van der Waals surface area contributed by atoms with Gasteiger partial charge in [-0.1, -0.05) is 46.1 Å². The lowest BCUT2D eigenvalue weighted by Crippen LogP contribution is -2.17. The maximum atomic E-state index is 10.2. The zero-order valence-electron chi connectivity index (χ0n) is 11.7. The zero-order valence-corrected chi connectivity index (χ0v) is 11.7. The minimum atomic E-state index is -0.143. The monoisotopic (exact) mass is 248 g/mol. The van der Waals surface area contributed by atoms with Gasteiger partial charge in [0, 0.05) is 5.56 Å². The molecule has 0 bridgehead atoms. The van der Waals surface area contributed by atoms with E-state index in [2.05, 4.69) is 20.8 Å². The van der Waals surface area contributed by atoms with Crippen LogP contribution < -0.4 is 0 Å². The van der Waals surface area contributed by atoms with Crippen LogP contribution in [0.25, 0.3) is 0 Å². The third kappa shape index (κ3) is 2.47. The van der Waals surface area contributed by atoms with E-state index < -0.39 is 0 Å².